The van der Waals surface area contributed by atoms with Gasteiger partial charge < -0.3 is 25.6 Å². The van der Waals surface area contributed by atoms with Gasteiger partial charge in [-0.1, -0.05) is 0 Å². The van der Waals surface area contributed by atoms with E-state index in [4.69, 9.17) is 10.5 Å². The third kappa shape index (κ3) is 3.80. The van der Waals surface area contributed by atoms with Gasteiger partial charge in [-0.25, -0.2) is 9.48 Å². The highest BCUT2D eigenvalue weighted by atomic mass is 16.5. The summed E-state index contributed by atoms with van der Waals surface area (Å²) in [6, 6.07) is 5.52. The Morgan fingerprint density at radius 3 is 2.71 bits per heavy atom. The van der Waals surface area contributed by atoms with E-state index in [0.29, 0.717) is 25.3 Å². The molecule has 1 saturated heterocycles. The zero-order chi connectivity index (χ0) is 22.3. The summed E-state index contributed by atoms with van der Waals surface area (Å²) in [7, 11) is 3.47. The molecule has 1 aliphatic rings. The van der Waals surface area contributed by atoms with Crippen molar-refractivity contribution in [2.45, 2.75) is 26.8 Å². The van der Waals surface area contributed by atoms with Crippen molar-refractivity contribution in [1.29, 1.82) is 0 Å². The van der Waals surface area contributed by atoms with Crippen molar-refractivity contribution < 1.29 is 9.53 Å². The predicted octanol–water partition coefficient (Wildman–Crippen LogP) is 2.31. The molecule has 0 spiro atoms. The first kappa shape index (κ1) is 20.7. The first-order valence-corrected chi connectivity index (χ1v) is 10.2. The fraction of sp³-hybridized carbons (Fsp3) is 0.429. The van der Waals surface area contributed by atoms with E-state index in [1.54, 1.807) is 11.8 Å². The number of carbonyl (C=O) groups excluding carboxylic acids is 1. The van der Waals surface area contributed by atoms with Crippen LogP contribution in [0.4, 0.5) is 22.2 Å². The minimum atomic E-state index is -0.121. The van der Waals surface area contributed by atoms with Gasteiger partial charge in [-0.2, -0.15) is 15.1 Å². The lowest BCUT2D eigenvalue weighted by molar-refractivity contribution is 0.200. The Hall–Kier alpha value is -3.56. The van der Waals surface area contributed by atoms with Crippen LogP contribution in [0.2, 0.25) is 0 Å². The zero-order valence-corrected chi connectivity index (χ0v) is 18.5. The van der Waals surface area contributed by atoms with Crippen LogP contribution in [0.5, 0.6) is 5.75 Å². The fourth-order valence-electron chi connectivity index (χ4n) is 4.10. The number of rotatable bonds is 3. The summed E-state index contributed by atoms with van der Waals surface area (Å²) in [6.07, 6.45) is 0. The SMILES string of the molecule is COc1ccc(NC(=O)N2CCN(c3nc(N)nc4c3c(C)nn4C)[C@@H](C)C2)c(C)c1. The lowest BCUT2D eigenvalue weighted by Gasteiger charge is -2.40. The molecule has 1 atom stereocenters. The van der Waals surface area contributed by atoms with E-state index >= 15 is 0 Å². The van der Waals surface area contributed by atoms with E-state index in [0.717, 1.165) is 33.9 Å². The lowest BCUT2D eigenvalue weighted by Crippen LogP contribution is -2.55. The van der Waals surface area contributed by atoms with Crippen LogP contribution in [0, 0.1) is 13.8 Å². The average molecular weight is 425 g/mol. The van der Waals surface area contributed by atoms with Crippen LogP contribution in [0.15, 0.2) is 18.2 Å². The van der Waals surface area contributed by atoms with Crippen LogP contribution in [-0.4, -0.2) is 63.5 Å². The molecule has 0 bridgehead atoms. The van der Waals surface area contributed by atoms with Gasteiger partial charge in [-0.15, -0.1) is 0 Å². The van der Waals surface area contributed by atoms with Crippen LogP contribution in [0.3, 0.4) is 0 Å². The highest BCUT2D eigenvalue weighted by Gasteiger charge is 2.30. The fourth-order valence-corrected chi connectivity index (χ4v) is 4.10. The Morgan fingerprint density at radius 2 is 2.03 bits per heavy atom. The first-order chi connectivity index (χ1) is 14.8. The molecule has 4 rings (SSSR count). The minimum Gasteiger partial charge on any atom is -0.497 e. The summed E-state index contributed by atoms with van der Waals surface area (Å²) >= 11 is 0. The topological polar surface area (TPSA) is 114 Å². The van der Waals surface area contributed by atoms with Crippen molar-refractivity contribution in [1.82, 2.24) is 24.6 Å². The van der Waals surface area contributed by atoms with Crippen LogP contribution in [-0.2, 0) is 7.05 Å². The highest BCUT2D eigenvalue weighted by molar-refractivity contribution is 5.92. The molecule has 2 aromatic heterocycles. The second-order valence-electron chi connectivity index (χ2n) is 7.91. The van der Waals surface area contributed by atoms with Crippen LogP contribution in [0.25, 0.3) is 11.0 Å². The lowest BCUT2D eigenvalue weighted by atomic mass is 10.1. The minimum absolute atomic E-state index is 0.0496. The molecule has 0 aliphatic carbocycles. The van der Waals surface area contributed by atoms with Crippen molar-refractivity contribution in [3.8, 4) is 5.75 Å². The predicted molar refractivity (Wildman–Crippen MR) is 121 cm³/mol. The van der Waals surface area contributed by atoms with E-state index in [-0.39, 0.29) is 18.0 Å². The summed E-state index contributed by atoms with van der Waals surface area (Å²) < 4.78 is 6.95. The second kappa shape index (κ2) is 7.93. The number of methoxy groups -OCH3 is 1. The number of aromatic nitrogens is 4. The molecule has 0 saturated carbocycles. The van der Waals surface area contributed by atoms with E-state index in [1.807, 2.05) is 44.0 Å². The van der Waals surface area contributed by atoms with Gasteiger partial charge in [0.2, 0.25) is 5.95 Å². The summed E-state index contributed by atoms with van der Waals surface area (Å²) in [5, 5.41) is 8.38. The number of nitrogens with one attached hydrogen (secondary N) is 1. The summed E-state index contributed by atoms with van der Waals surface area (Å²) in [5.41, 5.74) is 9.27. The maximum Gasteiger partial charge on any atom is 0.321 e. The standard InChI is InChI=1S/C21H28N8O2/c1-12-10-15(31-5)6-7-16(12)23-21(30)28-8-9-29(13(2)11-28)19-17-14(3)26-27(4)18(17)24-20(22)25-19/h6-7,10,13H,8-9,11H2,1-5H3,(H,23,30)(H2,22,24,25)/t13-/m0/s1. The summed E-state index contributed by atoms with van der Waals surface area (Å²) in [5.74, 6) is 1.75. The summed E-state index contributed by atoms with van der Waals surface area (Å²) in [6.45, 7) is 7.72. The molecule has 3 aromatic rings. The molecular weight excluding hydrogens is 396 g/mol. The van der Waals surface area contributed by atoms with Crippen molar-refractivity contribution in [2.24, 2.45) is 7.05 Å². The van der Waals surface area contributed by atoms with Gasteiger partial charge in [0, 0.05) is 38.4 Å². The molecule has 1 aliphatic heterocycles. The van der Waals surface area contributed by atoms with E-state index < -0.39 is 0 Å². The Kier molecular flexibility index (Phi) is 5.30. The number of piperazine rings is 1. The van der Waals surface area contributed by atoms with E-state index in [9.17, 15) is 4.79 Å². The number of hydrogen-bond donors (Lipinski definition) is 2. The van der Waals surface area contributed by atoms with Crippen molar-refractivity contribution in [2.75, 3.05) is 42.7 Å². The molecule has 2 amide bonds. The average Bonchev–Trinajstić information content (AvgIpc) is 3.02. The van der Waals surface area contributed by atoms with Gasteiger partial charge in [0.15, 0.2) is 5.65 Å². The number of fused-ring (bicyclic) bond motifs is 1. The van der Waals surface area contributed by atoms with Crippen LogP contribution in [0.1, 0.15) is 18.2 Å². The van der Waals surface area contributed by atoms with Crippen molar-refractivity contribution in [3.05, 3.63) is 29.5 Å². The summed E-state index contributed by atoms with van der Waals surface area (Å²) in [4.78, 5) is 25.8. The molecule has 1 aromatic carbocycles. The molecule has 3 N–H and O–H groups in total. The molecule has 3 heterocycles. The molecular formula is C21H28N8O2. The molecule has 164 valence electrons. The van der Waals surface area contributed by atoms with E-state index in [2.05, 4.69) is 32.2 Å². The normalized spacial score (nSPS) is 16.6. The maximum atomic E-state index is 12.9. The third-order valence-electron chi connectivity index (χ3n) is 5.72. The highest BCUT2D eigenvalue weighted by Crippen LogP contribution is 2.30. The van der Waals surface area contributed by atoms with Gasteiger partial charge in [-0.3, -0.25) is 0 Å². The number of benzene rings is 1. The smallest absolute Gasteiger partial charge is 0.321 e. The Bertz CT molecular complexity index is 1140. The van der Waals surface area contributed by atoms with Crippen molar-refractivity contribution >= 4 is 34.5 Å². The number of nitrogens with two attached hydrogens (primary N) is 1. The Labute approximate surface area is 181 Å². The third-order valence-corrected chi connectivity index (χ3v) is 5.72. The molecule has 0 unspecified atom stereocenters. The van der Waals surface area contributed by atoms with Gasteiger partial charge in [-0.05, 0) is 44.5 Å². The number of urea groups is 1. The first-order valence-electron chi connectivity index (χ1n) is 10.2. The number of hydrogen-bond acceptors (Lipinski definition) is 7. The van der Waals surface area contributed by atoms with E-state index in [1.165, 1.54) is 0 Å². The van der Waals surface area contributed by atoms with Crippen LogP contribution < -0.4 is 20.7 Å². The maximum absolute atomic E-state index is 12.9. The van der Waals surface area contributed by atoms with Crippen LogP contribution >= 0.6 is 0 Å². The van der Waals surface area contributed by atoms with Crippen molar-refractivity contribution in [3.63, 3.8) is 0 Å². The second-order valence-corrected chi connectivity index (χ2v) is 7.91. The zero-order valence-electron chi connectivity index (χ0n) is 18.5. The molecule has 31 heavy (non-hydrogen) atoms. The Morgan fingerprint density at radius 1 is 1.26 bits per heavy atom. The number of ether oxygens (including phenoxy) is 1. The number of carbonyl (C=O) groups is 1. The molecule has 0 radical (unpaired) electrons. The largest absolute Gasteiger partial charge is 0.497 e. The number of nitrogen functional groups attached to an aromatic ring is 1. The number of anilines is 3. The Balaban J connectivity index is 1.52. The molecule has 1 fully saturated rings. The monoisotopic (exact) mass is 424 g/mol. The van der Waals surface area contributed by atoms with Gasteiger partial charge in [0.1, 0.15) is 11.6 Å². The number of nitrogens with zero attached hydrogens (tertiary/aromatic N) is 6. The van der Waals surface area contributed by atoms with Gasteiger partial charge >= 0.3 is 6.03 Å². The molecule has 10 nitrogen and oxygen atoms in total. The molecule has 10 heteroatoms. The number of amides is 2. The van der Waals surface area contributed by atoms with Gasteiger partial charge in [0.25, 0.3) is 0 Å². The quantitative estimate of drug-likeness (QED) is 0.663. The van der Waals surface area contributed by atoms with Gasteiger partial charge in [0.05, 0.1) is 18.2 Å². The number of aryl methyl sites for hydroxylation is 3.